The van der Waals surface area contributed by atoms with Gasteiger partial charge in [-0.2, -0.15) is 0 Å². The number of hydrogen-bond donors (Lipinski definition) is 3. The van der Waals surface area contributed by atoms with E-state index < -0.39 is 23.4 Å². The highest BCUT2D eigenvalue weighted by molar-refractivity contribution is 5.96. The number of carboxylic acid groups (broad SMARTS) is 1. The Morgan fingerprint density at radius 2 is 2.07 bits per heavy atom. The van der Waals surface area contributed by atoms with E-state index in [0.29, 0.717) is 12.8 Å². The standard InChI is InChI=1S/C9H15NO4/c1-6(8(12)13)7(11)10-5-9(14)3-2-4-9/h6,14H,2-5H2,1H3,(H,10,11)(H,12,13). The number of carbonyl (C=O) groups excluding carboxylic acids is 1. The summed E-state index contributed by atoms with van der Waals surface area (Å²) in [5.41, 5.74) is -0.798. The minimum absolute atomic E-state index is 0.156. The summed E-state index contributed by atoms with van der Waals surface area (Å²) in [7, 11) is 0. The number of carbonyl (C=O) groups is 2. The molecule has 0 spiro atoms. The van der Waals surface area contributed by atoms with E-state index in [2.05, 4.69) is 5.32 Å². The predicted octanol–water partition coefficient (Wildman–Crippen LogP) is -0.262. The van der Waals surface area contributed by atoms with Gasteiger partial charge in [0.1, 0.15) is 5.92 Å². The van der Waals surface area contributed by atoms with E-state index in [9.17, 15) is 14.7 Å². The van der Waals surface area contributed by atoms with Gasteiger partial charge in [-0.25, -0.2) is 0 Å². The number of carboxylic acids is 1. The van der Waals surface area contributed by atoms with Crippen molar-refractivity contribution in [2.45, 2.75) is 31.8 Å². The van der Waals surface area contributed by atoms with E-state index in [0.717, 1.165) is 6.42 Å². The minimum Gasteiger partial charge on any atom is -0.481 e. The second-order valence-corrected chi connectivity index (χ2v) is 3.86. The first-order chi connectivity index (χ1) is 6.44. The summed E-state index contributed by atoms with van der Waals surface area (Å²) in [5.74, 6) is -2.75. The van der Waals surface area contributed by atoms with Crippen LogP contribution in [0.4, 0.5) is 0 Å². The summed E-state index contributed by atoms with van der Waals surface area (Å²) in [4.78, 5) is 21.6. The molecular formula is C9H15NO4. The Labute approximate surface area is 82.1 Å². The van der Waals surface area contributed by atoms with Crippen molar-refractivity contribution in [3.8, 4) is 0 Å². The molecule has 0 aromatic rings. The number of rotatable bonds is 4. The van der Waals surface area contributed by atoms with E-state index in [-0.39, 0.29) is 6.54 Å². The molecule has 1 aliphatic rings. The summed E-state index contributed by atoms with van der Waals surface area (Å²) >= 11 is 0. The van der Waals surface area contributed by atoms with Gasteiger partial charge in [0.05, 0.1) is 5.60 Å². The smallest absolute Gasteiger partial charge is 0.315 e. The van der Waals surface area contributed by atoms with E-state index in [1.165, 1.54) is 6.92 Å². The highest BCUT2D eigenvalue weighted by Gasteiger charge is 2.35. The minimum atomic E-state index is -1.15. The van der Waals surface area contributed by atoms with Crippen LogP contribution < -0.4 is 5.32 Å². The third kappa shape index (κ3) is 2.45. The Kier molecular flexibility index (Phi) is 3.10. The summed E-state index contributed by atoms with van der Waals surface area (Å²) in [6.07, 6.45) is 2.31. The van der Waals surface area contributed by atoms with Crippen LogP contribution in [0.15, 0.2) is 0 Å². The van der Waals surface area contributed by atoms with Crippen LogP contribution in [0.25, 0.3) is 0 Å². The Hall–Kier alpha value is -1.10. The Morgan fingerprint density at radius 3 is 2.43 bits per heavy atom. The van der Waals surface area contributed by atoms with Gasteiger partial charge in [-0.1, -0.05) is 0 Å². The maximum atomic E-state index is 11.2. The van der Waals surface area contributed by atoms with Crippen LogP contribution in [0.1, 0.15) is 26.2 Å². The maximum Gasteiger partial charge on any atom is 0.315 e. The lowest BCUT2D eigenvalue weighted by molar-refractivity contribution is -0.146. The molecule has 1 amide bonds. The number of aliphatic carboxylic acids is 1. The number of hydrogen-bond acceptors (Lipinski definition) is 3. The summed E-state index contributed by atoms with van der Waals surface area (Å²) in [5, 5.41) is 20.6. The van der Waals surface area contributed by atoms with E-state index in [1.54, 1.807) is 0 Å². The van der Waals surface area contributed by atoms with Gasteiger partial charge in [0, 0.05) is 6.54 Å². The maximum absolute atomic E-state index is 11.2. The van der Waals surface area contributed by atoms with Crippen LogP contribution in [0, 0.1) is 5.92 Å². The molecule has 1 atom stereocenters. The van der Waals surface area contributed by atoms with Gasteiger partial charge >= 0.3 is 5.97 Å². The molecule has 5 heteroatoms. The zero-order valence-corrected chi connectivity index (χ0v) is 8.12. The zero-order valence-electron chi connectivity index (χ0n) is 8.12. The molecule has 0 heterocycles. The van der Waals surface area contributed by atoms with Crippen LogP contribution in [0.5, 0.6) is 0 Å². The quantitative estimate of drug-likeness (QED) is 0.547. The average Bonchev–Trinajstić information content (AvgIpc) is 2.09. The topological polar surface area (TPSA) is 86.6 Å². The number of aliphatic hydroxyl groups is 1. The zero-order chi connectivity index (χ0) is 10.8. The molecule has 1 unspecified atom stereocenters. The Bertz CT molecular complexity index is 247. The lowest BCUT2D eigenvalue weighted by Crippen LogP contribution is -2.49. The van der Waals surface area contributed by atoms with Gasteiger partial charge in [0.2, 0.25) is 5.91 Å². The summed E-state index contributed by atoms with van der Waals surface area (Å²) < 4.78 is 0. The van der Waals surface area contributed by atoms with Crippen LogP contribution in [-0.2, 0) is 9.59 Å². The van der Waals surface area contributed by atoms with Gasteiger partial charge in [-0.05, 0) is 26.2 Å². The second-order valence-electron chi connectivity index (χ2n) is 3.86. The SMILES string of the molecule is CC(C(=O)O)C(=O)NCC1(O)CCC1. The predicted molar refractivity (Wildman–Crippen MR) is 48.6 cm³/mol. The first-order valence-electron chi connectivity index (χ1n) is 4.67. The van der Waals surface area contributed by atoms with Gasteiger partial charge in [-0.15, -0.1) is 0 Å². The Balaban J connectivity index is 2.30. The third-order valence-electron chi connectivity index (χ3n) is 2.64. The monoisotopic (exact) mass is 201 g/mol. The molecule has 1 rings (SSSR count). The van der Waals surface area contributed by atoms with Gasteiger partial charge in [0.25, 0.3) is 0 Å². The molecule has 0 bridgehead atoms. The molecule has 14 heavy (non-hydrogen) atoms. The van der Waals surface area contributed by atoms with E-state index in [1.807, 2.05) is 0 Å². The van der Waals surface area contributed by atoms with Crippen LogP contribution in [0.3, 0.4) is 0 Å². The fourth-order valence-electron chi connectivity index (χ4n) is 1.28. The number of amides is 1. The molecule has 80 valence electrons. The van der Waals surface area contributed by atoms with E-state index >= 15 is 0 Å². The van der Waals surface area contributed by atoms with Gasteiger partial charge in [-0.3, -0.25) is 9.59 Å². The third-order valence-corrected chi connectivity index (χ3v) is 2.64. The molecule has 3 N–H and O–H groups in total. The van der Waals surface area contributed by atoms with Crippen molar-refractivity contribution >= 4 is 11.9 Å². The van der Waals surface area contributed by atoms with Crippen LogP contribution in [-0.4, -0.2) is 34.2 Å². The largest absolute Gasteiger partial charge is 0.481 e. The van der Waals surface area contributed by atoms with Crippen molar-refractivity contribution in [3.05, 3.63) is 0 Å². The number of nitrogens with one attached hydrogen (secondary N) is 1. The van der Waals surface area contributed by atoms with Gasteiger partial charge < -0.3 is 15.5 Å². The van der Waals surface area contributed by atoms with Gasteiger partial charge in [0.15, 0.2) is 0 Å². The molecule has 1 fully saturated rings. The molecule has 5 nitrogen and oxygen atoms in total. The Morgan fingerprint density at radius 1 is 1.50 bits per heavy atom. The molecule has 0 radical (unpaired) electrons. The molecule has 1 saturated carbocycles. The lowest BCUT2D eigenvalue weighted by atomic mass is 9.80. The van der Waals surface area contributed by atoms with Crippen molar-refractivity contribution in [3.63, 3.8) is 0 Å². The van der Waals surface area contributed by atoms with Crippen molar-refractivity contribution in [1.29, 1.82) is 0 Å². The molecule has 0 saturated heterocycles. The first kappa shape index (κ1) is 11.0. The van der Waals surface area contributed by atoms with Crippen LogP contribution in [0.2, 0.25) is 0 Å². The van der Waals surface area contributed by atoms with Crippen molar-refractivity contribution < 1.29 is 19.8 Å². The van der Waals surface area contributed by atoms with E-state index in [4.69, 9.17) is 5.11 Å². The summed E-state index contributed by atoms with van der Waals surface area (Å²) in [6.45, 7) is 1.48. The summed E-state index contributed by atoms with van der Waals surface area (Å²) in [6, 6.07) is 0. The molecule has 0 aliphatic heterocycles. The van der Waals surface area contributed by atoms with Crippen molar-refractivity contribution in [2.24, 2.45) is 5.92 Å². The van der Waals surface area contributed by atoms with Crippen molar-refractivity contribution in [1.82, 2.24) is 5.32 Å². The van der Waals surface area contributed by atoms with Crippen LogP contribution >= 0.6 is 0 Å². The highest BCUT2D eigenvalue weighted by atomic mass is 16.4. The van der Waals surface area contributed by atoms with Crippen molar-refractivity contribution in [2.75, 3.05) is 6.54 Å². The fourth-order valence-corrected chi connectivity index (χ4v) is 1.28. The molecule has 0 aromatic heterocycles. The molecular weight excluding hydrogens is 186 g/mol. The first-order valence-corrected chi connectivity index (χ1v) is 4.67. The molecule has 1 aliphatic carbocycles. The highest BCUT2D eigenvalue weighted by Crippen LogP contribution is 2.30. The lowest BCUT2D eigenvalue weighted by Gasteiger charge is -2.36. The average molecular weight is 201 g/mol. The fraction of sp³-hybridized carbons (Fsp3) is 0.778. The molecule has 0 aromatic carbocycles. The second kappa shape index (κ2) is 3.96. The normalized spacial score (nSPS) is 20.7.